The lowest BCUT2D eigenvalue weighted by atomic mass is 10.2. The average Bonchev–Trinajstić information content (AvgIpc) is 3.18. The van der Waals surface area contributed by atoms with E-state index in [1.54, 1.807) is 11.8 Å². The van der Waals surface area contributed by atoms with E-state index < -0.39 is 0 Å². The van der Waals surface area contributed by atoms with Gasteiger partial charge in [-0.1, -0.05) is 11.8 Å². The first kappa shape index (κ1) is 16.0. The average molecular weight is 358 g/mol. The van der Waals surface area contributed by atoms with E-state index in [9.17, 15) is 0 Å². The van der Waals surface area contributed by atoms with Crippen molar-refractivity contribution in [1.29, 1.82) is 0 Å². The molecule has 1 aliphatic rings. The summed E-state index contributed by atoms with van der Waals surface area (Å²) in [6.07, 6.45) is 1.47. The quantitative estimate of drug-likeness (QED) is 0.712. The number of nitrogens with one attached hydrogen (secondary N) is 1. The van der Waals surface area contributed by atoms with E-state index in [1.165, 1.54) is 6.33 Å². The number of hydrogen-bond donors (Lipinski definition) is 2. The fourth-order valence-corrected chi connectivity index (χ4v) is 3.68. The molecule has 8 nitrogen and oxygen atoms in total. The zero-order chi connectivity index (χ0) is 17.4. The topological polar surface area (TPSA) is 100 Å². The predicted molar refractivity (Wildman–Crippen MR) is 95.1 cm³/mol. The Morgan fingerprint density at radius 3 is 2.88 bits per heavy atom. The van der Waals surface area contributed by atoms with Crippen LogP contribution in [-0.4, -0.2) is 39.9 Å². The number of ether oxygens (including phenoxy) is 2. The Hall–Kier alpha value is -2.52. The summed E-state index contributed by atoms with van der Waals surface area (Å²) in [4.78, 5) is 14.1. The minimum Gasteiger partial charge on any atom is -0.454 e. The SMILES string of the molecule is CNCCn1c(Sc2cc3c(cc2C)OCO3)nc2c(N)ncnc21. The Morgan fingerprint density at radius 2 is 2.08 bits per heavy atom. The molecule has 0 atom stereocenters. The van der Waals surface area contributed by atoms with Crippen molar-refractivity contribution in [1.82, 2.24) is 24.8 Å². The lowest BCUT2D eigenvalue weighted by Crippen LogP contribution is -2.15. The molecular weight excluding hydrogens is 340 g/mol. The minimum atomic E-state index is 0.260. The molecule has 3 N–H and O–H groups in total. The molecule has 0 radical (unpaired) electrons. The number of rotatable bonds is 5. The highest BCUT2D eigenvalue weighted by atomic mass is 32.2. The van der Waals surface area contributed by atoms with Crippen LogP contribution in [0.15, 0.2) is 28.5 Å². The first-order valence-corrected chi connectivity index (χ1v) is 8.68. The van der Waals surface area contributed by atoms with Crippen LogP contribution < -0.4 is 20.5 Å². The lowest BCUT2D eigenvalue weighted by molar-refractivity contribution is 0.174. The maximum atomic E-state index is 5.98. The third-order valence-corrected chi connectivity index (χ3v) is 5.14. The third-order valence-electron chi connectivity index (χ3n) is 3.98. The van der Waals surface area contributed by atoms with Crippen molar-refractivity contribution in [3.05, 3.63) is 24.0 Å². The second kappa shape index (κ2) is 6.41. The molecule has 0 spiro atoms. The van der Waals surface area contributed by atoms with Crippen LogP contribution in [0.2, 0.25) is 0 Å². The van der Waals surface area contributed by atoms with Gasteiger partial charge in [0.2, 0.25) is 6.79 Å². The number of nitrogens with two attached hydrogens (primary N) is 1. The molecule has 0 aliphatic carbocycles. The smallest absolute Gasteiger partial charge is 0.231 e. The predicted octanol–water partition coefficient (Wildman–Crippen LogP) is 1.82. The molecule has 0 saturated heterocycles. The summed E-state index contributed by atoms with van der Waals surface area (Å²) >= 11 is 1.56. The number of aryl methyl sites for hydroxylation is 1. The second-order valence-corrected chi connectivity index (χ2v) is 6.66. The number of fused-ring (bicyclic) bond motifs is 2. The van der Waals surface area contributed by atoms with Crippen molar-refractivity contribution in [3.8, 4) is 11.5 Å². The Morgan fingerprint density at radius 1 is 1.28 bits per heavy atom. The van der Waals surface area contributed by atoms with Gasteiger partial charge in [0.15, 0.2) is 33.6 Å². The molecule has 1 aliphatic heterocycles. The molecule has 0 saturated carbocycles. The fraction of sp³-hybridized carbons (Fsp3) is 0.312. The number of aromatic nitrogens is 4. The zero-order valence-electron chi connectivity index (χ0n) is 13.9. The largest absolute Gasteiger partial charge is 0.454 e. The summed E-state index contributed by atoms with van der Waals surface area (Å²) < 4.78 is 13.0. The molecule has 3 heterocycles. The van der Waals surface area contributed by atoms with Crippen LogP contribution in [0.4, 0.5) is 5.82 Å². The summed E-state index contributed by atoms with van der Waals surface area (Å²) in [6, 6.07) is 3.97. The number of imidazole rings is 1. The van der Waals surface area contributed by atoms with Crippen LogP contribution in [0.1, 0.15) is 5.56 Å². The van der Waals surface area contributed by atoms with Gasteiger partial charge in [-0.25, -0.2) is 15.0 Å². The number of nitrogen functional groups attached to an aromatic ring is 1. The van der Waals surface area contributed by atoms with Gasteiger partial charge in [0.25, 0.3) is 0 Å². The molecule has 3 aromatic rings. The monoisotopic (exact) mass is 358 g/mol. The summed E-state index contributed by atoms with van der Waals surface area (Å²) in [7, 11) is 1.91. The molecule has 0 fully saturated rings. The normalized spacial score (nSPS) is 12.9. The molecule has 0 bridgehead atoms. The number of likely N-dealkylation sites (N-methyl/N-ethyl adjacent to an activating group) is 1. The van der Waals surface area contributed by atoms with E-state index in [0.29, 0.717) is 11.3 Å². The van der Waals surface area contributed by atoms with E-state index in [-0.39, 0.29) is 6.79 Å². The summed E-state index contributed by atoms with van der Waals surface area (Å²) in [5, 5.41) is 3.97. The molecule has 0 amide bonds. The molecule has 2 aromatic heterocycles. The van der Waals surface area contributed by atoms with Crippen molar-refractivity contribution in [2.24, 2.45) is 0 Å². The highest BCUT2D eigenvalue weighted by Gasteiger charge is 2.20. The Labute approximate surface area is 148 Å². The molecule has 130 valence electrons. The standard InChI is InChI=1S/C16H18N6O2S/c1-9-5-10-11(24-8-23-10)6-12(9)25-16-21-13-14(17)19-7-20-15(13)22(16)4-3-18-2/h5-7,18H,3-4,8H2,1-2H3,(H2,17,19,20). The number of benzene rings is 1. The fourth-order valence-electron chi connectivity index (χ4n) is 2.67. The van der Waals surface area contributed by atoms with Gasteiger partial charge >= 0.3 is 0 Å². The van der Waals surface area contributed by atoms with Crippen molar-refractivity contribution >= 4 is 28.7 Å². The molecule has 9 heteroatoms. The minimum absolute atomic E-state index is 0.260. The Kier molecular flexibility index (Phi) is 4.10. The number of hydrogen-bond acceptors (Lipinski definition) is 8. The second-order valence-electron chi connectivity index (χ2n) is 5.65. The summed E-state index contributed by atoms with van der Waals surface area (Å²) in [5.74, 6) is 1.92. The van der Waals surface area contributed by atoms with Crippen LogP contribution >= 0.6 is 11.8 Å². The molecule has 4 rings (SSSR count). The zero-order valence-corrected chi connectivity index (χ0v) is 14.8. The van der Waals surface area contributed by atoms with Crippen molar-refractivity contribution < 1.29 is 9.47 Å². The van der Waals surface area contributed by atoms with Gasteiger partial charge in [-0.15, -0.1) is 0 Å². The van der Waals surface area contributed by atoms with Gasteiger partial charge in [0.05, 0.1) is 0 Å². The van der Waals surface area contributed by atoms with Crippen molar-refractivity contribution in [2.75, 3.05) is 26.1 Å². The van der Waals surface area contributed by atoms with Crippen molar-refractivity contribution in [2.45, 2.75) is 23.5 Å². The van der Waals surface area contributed by atoms with Crippen LogP contribution in [0, 0.1) is 6.92 Å². The van der Waals surface area contributed by atoms with E-state index in [2.05, 4.69) is 24.8 Å². The van der Waals surface area contributed by atoms with E-state index in [0.717, 1.165) is 45.9 Å². The van der Waals surface area contributed by atoms with Crippen LogP contribution in [-0.2, 0) is 6.54 Å². The summed E-state index contributed by atoms with van der Waals surface area (Å²) in [6.45, 7) is 3.83. The first-order chi connectivity index (χ1) is 12.2. The lowest BCUT2D eigenvalue weighted by Gasteiger charge is -2.10. The van der Waals surface area contributed by atoms with E-state index >= 15 is 0 Å². The van der Waals surface area contributed by atoms with Gasteiger partial charge < -0.3 is 25.1 Å². The number of nitrogens with zero attached hydrogens (tertiary/aromatic N) is 4. The van der Waals surface area contributed by atoms with Crippen LogP contribution in [0.5, 0.6) is 11.5 Å². The van der Waals surface area contributed by atoms with Gasteiger partial charge in [-0.3, -0.25) is 0 Å². The molecule has 1 aromatic carbocycles. The van der Waals surface area contributed by atoms with E-state index in [1.807, 2.05) is 26.1 Å². The third kappa shape index (κ3) is 2.85. The highest BCUT2D eigenvalue weighted by Crippen LogP contribution is 2.40. The molecular formula is C16H18N6O2S. The van der Waals surface area contributed by atoms with Crippen LogP contribution in [0.3, 0.4) is 0 Å². The van der Waals surface area contributed by atoms with Crippen LogP contribution in [0.25, 0.3) is 11.2 Å². The maximum absolute atomic E-state index is 5.98. The first-order valence-electron chi connectivity index (χ1n) is 7.87. The van der Waals surface area contributed by atoms with Crippen molar-refractivity contribution in [3.63, 3.8) is 0 Å². The number of anilines is 1. The van der Waals surface area contributed by atoms with Gasteiger partial charge in [-0.2, -0.15) is 0 Å². The molecule has 0 unspecified atom stereocenters. The molecule has 25 heavy (non-hydrogen) atoms. The highest BCUT2D eigenvalue weighted by molar-refractivity contribution is 7.99. The van der Waals surface area contributed by atoms with Gasteiger partial charge in [-0.05, 0) is 31.7 Å². The van der Waals surface area contributed by atoms with Gasteiger partial charge in [0.1, 0.15) is 6.33 Å². The Balaban J connectivity index is 1.77. The van der Waals surface area contributed by atoms with Gasteiger partial charge in [0, 0.05) is 18.0 Å². The maximum Gasteiger partial charge on any atom is 0.231 e. The van der Waals surface area contributed by atoms with E-state index in [4.69, 9.17) is 15.2 Å². The summed E-state index contributed by atoms with van der Waals surface area (Å²) in [5.41, 5.74) is 8.44. The Bertz CT molecular complexity index is 942.